The van der Waals surface area contributed by atoms with E-state index in [9.17, 15) is 14.0 Å². The summed E-state index contributed by atoms with van der Waals surface area (Å²) in [6.45, 7) is 0.498. The van der Waals surface area contributed by atoms with Gasteiger partial charge < -0.3 is 14.4 Å². The minimum absolute atomic E-state index is 0.150. The number of halogens is 1. The maximum absolute atomic E-state index is 13.4. The lowest BCUT2D eigenvalue weighted by molar-refractivity contribution is 0.0692. The number of rotatable bonds is 5. The highest BCUT2D eigenvalue weighted by Crippen LogP contribution is 2.16. The molecule has 0 amide bonds. The molecule has 0 aliphatic carbocycles. The van der Waals surface area contributed by atoms with E-state index >= 15 is 0 Å². The van der Waals surface area contributed by atoms with Crippen molar-refractivity contribution >= 4 is 5.97 Å². The molecule has 104 valence electrons. The summed E-state index contributed by atoms with van der Waals surface area (Å²) in [5.74, 6) is -1.96. The second-order valence-electron chi connectivity index (χ2n) is 4.03. The van der Waals surface area contributed by atoms with Crippen LogP contribution in [0.15, 0.2) is 47.4 Å². The van der Waals surface area contributed by atoms with Gasteiger partial charge in [0.2, 0.25) is 0 Å². The molecule has 0 aliphatic rings. The number of ether oxygens (including phenoxy) is 1. The molecule has 1 aromatic heterocycles. The van der Waals surface area contributed by atoms with Gasteiger partial charge >= 0.3 is 5.97 Å². The number of carboxylic acid groups (broad SMARTS) is 1. The van der Waals surface area contributed by atoms with Crippen LogP contribution < -0.4 is 10.3 Å². The summed E-state index contributed by atoms with van der Waals surface area (Å²) in [5, 5.41) is 8.69. The molecule has 20 heavy (non-hydrogen) atoms. The first-order valence-corrected chi connectivity index (χ1v) is 5.89. The molecule has 6 heteroatoms. The highest BCUT2D eigenvalue weighted by Gasteiger charge is 2.10. The first kappa shape index (κ1) is 13.8. The molecule has 0 fully saturated rings. The Morgan fingerprint density at radius 1 is 1.30 bits per heavy atom. The molecule has 0 spiro atoms. The summed E-state index contributed by atoms with van der Waals surface area (Å²) < 4.78 is 20.1. The molecule has 2 aromatic rings. The topological polar surface area (TPSA) is 68.5 Å². The highest BCUT2D eigenvalue weighted by molar-refractivity contribution is 5.88. The van der Waals surface area contributed by atoms with Crippen molar-refractivity contribution < 1.29 is 19.0 Å². The van der Waals surface area contributed by atoms with Gasteiger partial charge in [-0.05, 0) is 18.2 Å². The van der Waals surface area contributed by atoms with Gasteiger partial charge in [-0.2, -0.15) is 0 Å². The smallest absolute Gasteiger partial charge is 0.338 e. The third kappa shape index (κ3) is 3.23. The number of benzene rings is 1. The fourth-order valence-electron chi connectivity index (χ4n) is 1.67. The highest BCUT2D eigenvalue weighted by atomic mass is 19.1. The lowest BCUT2D eigenvalue weighted by Crippen LogP contribution is -2.21. The van der Waals surface area contributed by atoms with Crippen LogP contribution in [0, 0.1) is 5.82 Å². The summed E-state index contributed by atoms with van der Waals surface area (Å²) in [5.41, 5.74) is -0.555. The fraction of sp³-hybridized carbons (Fsp3) is 0.143. The predicted molar refractivity (Wildman–Crippen MR) is 69.6 cm³/mol. The molecule has 0 radical (unpaired) electrons. The van der Waals surface area contributed by atoms with Gasteiger partial charge in [0.15, 0.2) is 0 Å². The maximum Gasteiger partial charge on any atom is 0.338 e. The lowest BCUT2D eigenvalue weighted by atomic mass is 10.2. The summed E-state index contributed by atoms with van der Waals surface area (Å²) >= 11 is 0. The Morgan fingerprint density at radius 2 is 2.10 bits per heavy atom. The Balaban J connectivity index is 1.98. The van der Waals surface area contributed by atoms with Crippen molar-refractivity contribution in [3.63, 3.8) is 0 Å². The van der Waals surface area contributed by atoms with Crippen LogP contribution in [0.4, 0.5) is 4.39 Å². The van der Waals surface area contributed by atoms with Crippen molar-refractivity contribution in [1.82, 2.24) is 4.57 Å². The van der Waals surface area contributed by atoms with Gasteiger partial charge in [-0.3, -0.25) is 4.79 Å². The van der Waals surface area contributed by atoms with Crippen molar-refractivity contribution in [1.29, 1.82) is 0 Å². The van der Waals surface area contributed by atoms with E-state index in [-0.39, 0.29) is 17.9 Å². The van der Waals surface area contributed by atoms with E-state index < -0.39 is 17.3 Å². The van der Waals surface area contributed by atoms with Gasteiger partial charge in [-0.15, -0.1) is 0 Å². The van der Waals surface area contributed by atoms with Gasteiger partial charge in [0.25, 0.3) is 5.56 Å². The van der Waals surface area contributed by atoms with Crippen molar-refractivity contribution in [2.24, 2.45) is 0 Å². The number of nitrogens with zero attached hydrogens (tertiary/aromatic N) is 1. The van der Waals surface area contributed by atoms with E-state index in [2.05, 4.69) is 0 Å². The van der Waals surface area contributed by atoms with Crippen molar-refractivity contribution in [2.75, 3.05) is 6.61 Å². The van der Waals surface area contributed by atoms with E-state index in [1.165, 1.54) is 16.7 Å². The molecule has 1 N–H and O–H groups in total. The molecule has 1 heterocycles. The number of carboxylic acids is 1. The molecule has 5 nitrogen and oxygen atoms in total. The minimum Gasteiger partial charge on any atom is -0.492 e. The van der Waals surface area contributed by atoms with Crippen LogP contribution in [0.2, 0.25) is 0 Å². The standard InChI is InChI=1S/C14H12FNO4/c15-12-9-10(4-5-11(12)14(18)19)20-8-7-16-6-2-1-3-13(16)17/h1-6,9H,7-8H2,(H,18,19). The van der Waals surface area contributed by atoms with Crippen LogP contribution >= 0.6 is 0 Å². The number of pyridine rings is 1. The van der Waals surface area contributed by atoms with Crippen molar-refractivity contribution in [3.8, 4) is 5.75 Å². The molecular formula is C14H12FNO4. The summed E-state index contributed by atoms with van der Waals surface area (Å²) in [6.07, 6.45) is 1.62. The Labute approximate surface area is 113 Å². The number of aromatic nitrogens is 1. The van der Waals surface area contributed by atoms with Crippen LogP contribution in [0.25, 0.3) is 0 Å². The molecule has 2 rings (SSSR count). The first-order chi connectivity index (χ1) is 9.58. The Morgan fingerprint density at radius 3 is 2.75 bits per heavy atom. The van der Waals surface area contributed by atoms with E-state index in [1.54, 1.807) is 18.3 Å². The largest absolute Gasteiger partial charge is 0.492 e. The lowest BCUT2D eigenvalue weighted by Gasteiger charge is -2.08. The van der Waals surface area contributed by atoms with Crippen LogP contribution in [0.5, 0.6) is 5.75 Å². The van der Waals surface area contributed by atoms with Crippen LogP contribution in [-0.2, 0) is 6.54 Å². The van der Waals surface area contributed by atoms with Crippen molar-refractivity contribution in [3.05, 3.63) is 64.3 Å². The predicted octanol–water partition coefficient (Wildman–Crippen LogP) is 1.76. The fourth-order valence-corrected chi connectivity index (χ4v) is 1.67. The molecule has 1 aromatic carbocycles. The van der Waals surface area contributed by atoms with Gasteiger partial charge in [0, 0.05) is 18.3 Å². The molecule has 0 saturated heterocycles. The molecule has 0 aliphatic heterocycles. The van der Waals surface area contributed by atoms with Gasteiger partial charge in [-0.25, -0.2) is 9.18 Å². The van der Waals surface area contributed by atoms with E-state index in [0.29, 0.717) is 6.54 Å². The quantitative estimate of drug-likeness (QED) is 0.904. The third-order valence-corrected chi connectivity index (χ3v) is 2.67. The minimum atomic E-state index is -1.33. The normalized spacial score (nSPS) is 10.2. The molecule has 0 saturated carbocycles. The number of hydrogen-bond acceptors (Lipinski definition) is 3. The molecule has 0 atom stereocenters. The van der Waals surface area contributed by atoms with E-state index in [1.807, 2.05) is 0 Å². The van der Waals surface area contributed by atoms with E-state index in [0.717, 1.165) is 12.1 Å². The van der Waals surface area contributed by atoms with Gasteiger partial charge in [-0.1, -0.05) is 6.07 Å². The number of aromatic carboxylic acids is 1. The van der Waals surface area contributed by atoms with Crippen molar-refractivity contribution in [2.45, 2.75) is 6.54 Å². The van der Waals surface area contributed by atoms with Crippen LogP contribution in [0.1, 0.15) is 10.4 Å². The SMILES string of the molecule is O=C(O)c1ccc(OCCn2ccccc2=O)cc1F. The molecule has 0 unspecified atom stereocenters. The zero-order valence-corrected chi connectivity index (χ0v) is 10.5. The van der Waals surface area contributed by atoms with Crippen LogP contribution in [-0.4, -0.2) is 22.2 Å². The maximum atomic E-state index is 13.4. The van der Waals surface area contributed by atoms with Crippen LogP contribution in [0.3, 0.4) is 0 Å². The second kappa shape index (κ2) is 6.01. The number of hydrogen-bond donors (Lipinski definition) is 1. The summed E-state index contributed by atoms with van der Waals surface area (Å²) in [6, 6.07) is 8.32. The summed E-state index contributed by atoms with van der Waals surface area (Å²) in [4.78, 5) is 22.1. The number of carbonyl (C=O) groups is 1. The first-order valence-electron chi connectivity index (χ1n) is 5.89. The monoisotopic (exact) mass is 277 g/mol. The Hall–Kier alpha value is -2.63. The average molecular weight is 277 g/mol. The van der Waals surface area contributed by atoms with E-state index in [4.69, 9.17) is 9.84 Å². The van der Waals surface area contributed by atoms with Gasteiger partial charge in [0.05, 0.1) is 12.1 Å². The third-order valence-electron chi connectivity index (χ3n) is 2.67. The average Bonchev–Trinajstić information content (AvgIpc) is 2.40. The molecule has 0 bridgehead atoms. The Bertz CT molecular complexity index is 681. The zero-order valence-electron chi connectivity index (χ0n) is 10.5. The Kier molecular flexibility index (Phi) is 4.14. The van der Waals surface area contributed by atoms with Gasteiger partial charge in [0.1, 0.15) is 18.2 Å². The molecular weight excluding hydrogens is 265 g/mol. The zero-order chi connectivity index (χ0) is 14.5. The summed E-state index contributed by atoms with van der Waals surface area (Å²) in [7, 11) is 0. The second-order valence-corrected chi connectivity index (χ2v) is 4.03.